The minimum atomic E-state index is -0.0968. The maximum absolute atomic E-state index is 12.3. The molecule has 1 N–H and O–H groups in total. The molecule has 0 atom stereocenters. The van der Waals surface area contributed by atoms with Crippen LogP contribution >= 0.6 is 0 Å². The molecule has 2 heterocycles. The summed E-state index contributed by atoms with van der Waals surface area (Å²) in [7, 11) is 0. The Morgan fingerprint density at radius 1 is 1.29 bits per heavy atom. The Hall–Kier alpha value is -1.91. The Balaban J connectivity index is 1.53. The van der Waals surface area contributed by atoms with E-state index in [0.29, 0.717) is 12.2 Å². The van der Waals surface area contributed by atoms with Crippen molar-refractivity contribution in [1.29, 1.82) is 0 Å². The van der Waals surface area contributed by atoms with E-state index in [4.69, 9.17) is 0 Å². The van der Waals surface area contributed by atoms with Crippen LogP contribution in [0.5, 0.6) is 0 Å². The third-order valence-electron chi connectivity index (χ3n) is 5.11. The summed E-state index contributed by atoms with van der Waals surface area (Å²) in [6.07, 6.45) is 12.1. The van der Waals surface area contributed by atoms with Crippen molar-refractivity contribution < 1.29 is 4.79 Å². The molecule has 0 unspecified atom stereocenters. The molecule has 0 bridgehead atoms. The van der Waals surface area contributed by atoms with Gasteiger partial charge in [0.25, 0.3) is 5.91 Å². The van der Waals surface area contributed by atoms with Crippen molar-refractivity contribution in [1.82, 2.24) is 15.3 Å². The van der Waals surface area contributed by atoms with Gasteiger partial charge in [-0.2, -0.15) is 0 Å². The number of carbonyl (C=O) groups excluding carboxylic acids is 1. The van der Waals surface area contributed by atoms with E-state index >= 15 is 0 Å². The van der Waals surface area contributed by atoms with Gasteiger partial charge >= 0.3 is 0 Å². The molecular weight excluding hydrogens is 300 g/mol. The van der Waals surface area contributed by atoms with Crippen molar-refractivity contribution in [3.8, 4) is 0 Å². The Kier molecular flexibility index (Phi) is 5.83. The average molecular weight is 328 g/mol. The van der Waals surface area contributed by atoms with Crippen molar-refractivity contribution in [3.05, 3.63) is 29.7 Å². The number of hydrogen-bond acceptors (Lipinski definition) is 4. The predicted octanol–water partition coefficient (Wildman–Crippen LogP) is 3.33. The summed E-state index contributed by atoms with van der Waals surface area (Å²) in [6.45, 7) is 4.99. The fraction of sp³-hybridized carbons (Fsp3) is 0.632. The van der Waals surface area contributed by atoms with E-state index in [1.54, 1.807) is 0 Å². The summed E-state index contributed by atoms with van der Waals surface area (Å²) in [6, 6.07) is 1.82. The van der Waals surface area contributed by atoms with Gasteiger partial charge in [0.05, 0.1) is 0 Å². The van der Waals surface area contributed by atoms with Crippen LogP contribution in [0.1, 0.15) is 62.4 Å². The maximum atomic E-state index is 12.3. The second-order valence-electron chi connectivity index (χ2n) is 7.05. The lowest BCUT2D eigenvalue weighted by Gasteiger charge is -2.31. The van der Waals surface area contributed by atoms with Gasteiger partial charge in [0.2, 0.25) is 0 Å². The topological polar surface area (TPSA) is 58.1 Å². The minimum absolute atomic E-state index is 0.0968. The van der Waals surface area contributed by atoms with Gasteiger partial charge in [-0.1, -0.05) is 18.6 Å². The highest BCUT2D eigenvalue weighted by molar-refractivity contribution is 5.92. The summed E-state index contributed by atoms with van der Waals surface area (Å²) >= 11 is 0. The number of amides is 1. The third kappa shape index (κ3) is 4.56. The van der Waals surface area contributed by atoms with Crippen LogP contribution in [0.4, 0.5) is 5.82 Å². The van der Waals surface area contributed by atoms with Gasteiger partial charge in [-0.05, 0) is 50.9 Å². The van der Waals surface area contributed by atoms with Crippen LogP contribution in [0.3, 0.4) is 0 Å². The largest absolute Gasteiger partial charge is 0.356 e. The lowest BCUT2D eigenvalue weighted by Crippen LogP contribution is -2.34. The fourth-order valence-corrected chi connectivity index (χ4v) is 3.44. The number of carbonyl (C=O) groups is 1. The Morgan fingerprint density at radius 2 is 2.12 bits per heavy atom. The molecule has 0 saturated carbocycles. The van der Waals surface area contributed by atoms with Gasteiger partial charge in [0.1, 0.15) is 17.8 Å². The number of piperidine rings is 1. The Morgan fingerprint density at radius 3 is 2.88 bits per heavy atom. The smallest absolute Gasteiger partial charge is 0.270 e. The molecule has 5 nitrogen and oxygen atoms in total. The summed E-state index contributed by atoms with van der Waals surface area (Å²) in [5.74, 6) is 1.55. The first-order valence-corrected chi connectivity index (χ1v) is 9.25. The molecule has 1 aromatic rings. The molecule has 1 fully saturated rings. The number of nitrogens with one attached hydrogen (secondary N) is 1. The van der Waals surface area contributed by atoms with Crippen LogP contribution < -0.4 is 10.2 Å². The van der Waals surface area contributed by atoms with Crippen LogP contribution in [0, 0.1) is 5.92 Å². The SMILES string of the molecule is CC1CCN(c2cc(C(=O)NCCC3=CCCCC3)ncn2)CC1. The molecule has 3 rings (SSSR count). The zero-order valence-corrected chi connectivity index (χ0v) is 14.6. The second kappa shape index (κ2) is 8.27. The van der Waals surface area contributed by atoms with Crippen molar-refractivity contribution in [2.75, 3.05) is 24.5 Å². The molecule has 2 aliphatic rings. The minimum Gasteiger partial charge on any atom is -0.356 e. The Bertz CT molecular complexity index is 591. The van der Waals surface area contributed by atoms with E-state index in [9.17, 15) is 4.79 Å². The number of anilines is 1. The molecule has 1 aromatic heterocycles. The average Bonchev–Trinajstić information content (AvgIpc) is 2.63. The van der Waals surface area contributed by atoms with Gasteiger partial charge in [-0.3, -0.25) is 4.79 Å². The molecule has 0 spiro atoms. The van der Waals surface area contributed by atoms with Crippen molar-refractivity contribution in [2.24, 2.45) is 5.92 Å². The molecule has 5 heteroatoms. The molecule has 130 valence electrons. The third-order valence-corrected chi connectivity index (χ3v) is 5.11. The number of allylic oxidation sites excluding steroid dienone is 1. The fourth-order valence-electron chi connectivity index (χ4n) is 3.44. The number of hydrogen-bond donors (Lipinski definition) is 1. The standard InChI is InChI=1S/C19H28N4O/c1-15-8-11-23(12-9-15)18-13-17(21-14-22-18)19(24)20-10-7-16-5-3-2-4-6-16/h5,13-15H,2-4,6-12H2,1H3,(H,20,24). The van der Waals surface area contributed by atoms with E-state index in [1.807, 2.05) is 6.07 Å². The normalized spacial score (nSPS) is 19.0. The molecule has 24 heavy (non-hydrogen) atoms. The quantitative estimate of drug-likeness (QED) is 0.842. The van der Waals surface area contributed by atoms with Crippen LogP contribution in [-0.4, -0.2) is 35.5 Å². The van der Waals surface area contributed by atoms with Gasteiger partial charge in [-0.25, -0.2) is 9.97 Å². The van der Waals surface area contributed by atoms with Gasteiger partial charge in [0, 0.05) is 25.7 Å². The summed E-state index contributed by atoms with van der Waals surface area (Å²) in [5.41, 5.74) is 1.95. The van der Waals surface area contributed by atoms with Crippen LogP contribution in [-0.2, 0) is 0 Å². The zero-order chi connectivity index (χ0) is 16.8. The lowest BCUT2D eigenvalue weighted by atomic mass is 9.97. The predicted molar refractivity (Wildman–Crippen MR) is 96.1 cm³/mol. The first-order chi connectivity index (χ1) is 11.7. The van der Waals surface area contributed by atoms with E-state index in [2.05, 4.69) is 33.2 Å². The van der Waals surface area contributed by atoms with Crippen molar-refractivity contribution >= 4 is 11.7 Å². The van der Waals surface area contributed by atoms with Crippen molar-refractivity contribution in [3.63, 3.8) is 0 Å². The van der Waals surface area contributed by atoms with Gasteiger partial charge in [-0.15, -0.1) is 0 Å². The van der Waals surface area contributed by atoms with Crippen LogP contribution in [0.2, 0.25) is 0 Å². The molecule has 0 aromatic carbocycles. The Labute approximate surface area is 144 Å². The number of rotatable bonds is 5. The highest BCUT2D eigenvalue weighted by Gasteiger charge is 2.18. The first kappa shape index (κ1) is 16.9. The number of nitrogens with zero attached hydrogens (tertiary/aromatic N) is 3. The van der Waals surface area contributed by atoms with E-state index in [1.165, 1.54) is 50.4 Å². The van der Waals surface area contributed by atoms with E-state index in [0.717, 1.165) is 31.2 Å². The summed E-state index contributed by atoms with van der Waals surface area (Å²) < 4.78 is 0. The first-order valence-electron chi connectivity index (χ1n) is 9.25. The summed E-state index contributed by atoms with van der Waals surface area (Å²) in [4.78, 5) is 23.1. The molecule has 0 radical (unpaired) electrons. The second-order valence-corrected chi connectivity index (χ2v) is 7.05. The van der Waals surface area contributed by atoms with Crippen LogP contribution in [0.25, 0.3) is 0 Å². The molecule has 1 amide bonds. The van der Waals surface area contributed by atoms with Gasteiger partial charge in [0.15, 0.2) is 0 Å². The zero-order valence-electron chi connectivity index (χ0n) is 14.6. The maximum Gasteiger partial charge on any atom is 0.270 e. The molecule has 1 aliphatic heterocycles. The number of aromatic nitrogens is 2. The lowest BCUT2D eigenvalue weighted by molar-refractivity contribution is 0.0949. The highest BCUT2D eigenvalue weighted by atomic mass is 16.1. The van der Waals surface area contributed by atoms with Gasteiger partial charge < -0.3 is 10.2 Å². The van der Waals surface area contributed by atoms with Crippen molar-refractivity contribution in [2.45, 2.75) is 51.9 Å². The monoisotopic (exact) mass is 328 g/mol. The molecular formula is C19H28N4O. The van der Waals surface area contributed by atoms with E-state index in [-0.39, 0.29) is 5.91 Å². The van der Waals surface area contributed by atoms with E-state index < -0.39 is 0 Å². The molecule has 1 aliphatic carbocycles. The summed E-state index contributed by atoms with van der Waals surface area (Å²) in [5, 5.41) is 2.99. The highest BCUT2D eigenvalue weighted by Crippen LogP contribution is 2.21. The molecule has 1 saturated heterocycles. The van der Waals surface area contributed by atoms with Crippen LogP contribution in [0.15, 0.2) is 24.0 Å².